The van der Waals surface area contributed by atoms with Crippen molar-refractivity contribution >= 4 is 21.8 Å². The Bertz CT molecular complexity index is 1020. The molecular formula is C20H23N5O3S. The second-order valence-corrected chi connectivity index (χ2v) is 9.17. The first-order valence-electron chi connectivity index (χ1n) is 9.79. The van der Waals surface area contributed by atoms with Crippen molar-refractivity contribution in [3.05, 3.63) is 29.8 Å². The number of amidine groups is 1. The van der Waals surface area contributed by atoms with E-state index in [1.165, 1.54) is 0 Å². The molecule has 1 saturated heterocycles. The van der Waals surface area contributed by atoms with E-state index in [4.69, 9.17) is 6.42 Å². The van der Waals surface area contributed by atoms with Crippen LogP contribution in [0.5, 0.6) is 0 Å². The molecule has 3 aliphatic rings. The van der Waals surface area contributed by atoms with Crippen molar-refractivity contribution in [2.75, 3.05) is 19.6 Å². The van der Waals surface area contributed by atoms with Gasteiger partial charge in [0.05, 0.1) is 5.92 Å². The van der Waals surface area contributed by atoms with Crippen LogP contribution in [0, 0.1) is 18.3 Å². The summed E-state index contributed by atoms with van der Waals surface area (Å²) in [6.07, 6.45) is 8.84. The molecule has 0 bridgehead atoms. The predicted octanol–water partition coefficient (Wildman–Crippen LogP) is 1.93. The van der Waals surface area contributed by atoms with Gasteiger partial charge < -0.3 is 10.2 Å². The molecular weight excluding hydrogens is 390 g/mol. The number of terminal acetylenes is 1. The molecule has 152 valence electrons. The van der Waals surface area contributed by atoms with E-state index >= 15 is 0 Å². The van der Waals surface area contributed by atoms with Crippen LogP contribution in [-0.2, 0) is 14.8 Å². The molecule has 1 amide bonds. The SMILES string of the molecule is C#CCCC1(CCNC(=O)C2CCCN(C3=NS(=O)(=O)c4ccccc43)C2)N=N1. The lowest BCUT2D eigenvalue weighted by atomic mass is 9.96. The fourth-order valence-electron chi connectivity index (χ4n) is 3.90. The summed E-state index contributed by atoms with van der Waals surface area (Å²) >= 11 is 0. The molecule has 1 N–H and O–H groups in total. The first-order valence-corrected chi connectivity index (χ1v) is 11.2. The number of fused-ring (bicyclic) bond motifs is 1. The molecule has 8 nitrogen and oxygen atoms in total. The molecule has 29 heavy (non-hydrogen) atoms. The van der Waals surface area contributed by atoms with E-state index in [0.717, 1.165) is 12.8 Å². The largest absolute Gasteiger partial charge is 0.356 e. The fraction of sp³-hybridized carbons (Fsp3) is 0.500. The third-order valence-electron chi connectivity index (χ3n) is 5.58. The van der Waals surface area contributed by atoms with Gasteiger partial charge in [0.25, 0.3) is 10.0 Å². The number of rotatable bonds is 6. The maximum atomic E-state index is 12.7. The first-order chi connectivity index (χ1) is 13.9. The zero-order valence-electron chi connectivity index (χ0n) is 16.0. The predicted molar refractivity (Wildman–Crippen MR) is 108 cm³/mol. The Morgan fingerprint density at radius 2 is 2.10 bits per heavy atom. The van der Waals surface area contributed by atoms with Crippen LogP contribution in [-0.4, -0.2) is 50.4 Å². The van der Waals surface area contributed by atoms with Crippen molar-refractivity contribution in [1.82, 2.24) is 10.2 Å². The van der Waals surface area contributed by atoms with E-state index in [1.54, 1.807) is 24.3 Å². The Kier molecular flexibility index (Phi) is 5.13. The number of hydrogen-bond donors (Lipinski definition) is 1. The van der Waals surface area contributed by atoms with Crippen molar-refractivity contribution in [2.24, 2.45) is 20.5 Å². The maximum absolute atomic E-state index is 12.7. The minimum atomic E-state index is -3.66. The molecule has 0 radical (unpaired) electrons. The summed E-state index contributed by atoms with van der Waals surface area (Å²) in [4.78, 5) is 14.8. The lowest BCUT2D eigenvalue weighted by Crippen LogP contribution is -2.45. The number of nitrogens with one attached hydrogen (secondary N) is 1. The van der Waals surface area contributed by atoms with E-state index in [9.17, 15) is 13.2 Å². The Hall–Kier alpha value is -2.73. The van der Waals surface area contributed by atoms with Crippen molar-refractivity contribution in [2.45, 2.75) is 42.7 Å². The zero-order chi connectivity index (χ0) is 20.5. The van der Waals surface area contributed by atoms with Crippen molar-refractivity contribution in [3.8, 4) is 12.3 Å². The minimum absolute atomic E-state index is 0.0304. The summed E-state index contributed by atoms with van der Waals surface area (Å²) in [7, 11) is -3.66. The highest BCUT2D eigenvalue weighted by Gasteiger charge is 2.39. The highest BCUT2D eigenvalue weighted by atomic mass is 32.2. The monoisotopic (exact) mass is 413 g/mol. The van der Waals surface area contributed by atoms with Gasteiger partial charge in [0, 0.05) is 44.5 Å². The molecule has 1 aromatic rings. The maximum Gasteiger partial charge on any atom is 0.285 e. The summed E-state index contributed by atoms with van der Waals surface area (Å²) in [5.41, 5.74) is 0.204. The van der Waals surface area contributed by atoms with Crippen LogP contribution in [0.2, 0.25) is 0 Å². The van der Waals surface area contributed by atoms with Gasteiger partial charge in [0.15, 0.2) is 11.5 Å². The molecule has 0 aromatic heterocycles. The van der Waals surface area contributed by atoms with Crippen LogP contribution in [0.15, 0.2) is 43.8 Å². The van der Waals surface area contributed by atoms with Crippen molar-refractivity contribution < 1.29 is 13.2 Å². The number of nitrogens with zero attached hydrogens (tertiary/aromatic N) is 4. The van der Waals surface area contributed by atoms with Gasteiger partial charge in [0.2, 0.25) is 5.91 Å². The average molecular weight is 414 g/mol. The number of piperidine rings is 1. The standard InChI is InChI=1S/C20H23N5O3S/c1-2-3-10-20(23-24-20)11-12-21-19(26)15-7-6-13-25(14-15)18-16-8-4-5-9-17(16)29(27,28)22-18/h1,4-5,8-9,15H,3,6-7,10-14H2,(H,21,26). The quantitative estimate of drug-likeness (QED) is 0.720. The molecule has 9 heteroatoms. The smallest absolute Gasteiger partial charge is 0.285 e. The number of hydrogen-bond acceptors (Lipinski definition) is 6. The molecule has 0 saturated carbocycles. The third kappa shape index (κ3) is 4.03. The van der Waals surface area contributed by atoms with E-state index in [0.29, 0.717) is 50.3 Å². The second-order valence-electron chi connectivity index (χ2n) is 7.60. The molecule has 0 aliphatic carbocycles. The van der Waals surface area contributed by atoms with E-state index in [1.807, 2.05) is 4.90 Å². The second kappa shape index (κ2) is 7.59. The van der Waals surface area contributed by atoms with Gasteiger partial charge >= 0.3 is 0 Å². The first kappa shape index (κ1) is 19.6. The zero-order valence-corrected chi connectivity index (χ0v) is 16.9. The molecule has 1 atom stereocenters. The summed E-state index contributed by atoms with van der Waals surface area (Å²) < 4.78 is 28.6. The fourth-order valence-corrected chi connectivity index (χ4v) is 5.13. The molecule has 4 rings (SSSR count). The van der Waals surface area contributed by atoms with Gasteiger partial charge in [0.1, 0.15) is 4.90 Å². The Morgan fingerprint density at radius 1 is 1.31 bits per heavy atom. The van der Waals surface area contributed by atoms with Crippen LogP contribution in [0.3, 0.4) is 0 Å². The number of benzene rings is 1. The summed E-state index contributed by atoms with van der Waals surface area (Å²) in [5.74, 6) is 2.80. The van der Waals surface area contributed by atoms with Crippen LogP contribution in [0.1, 0.15) is 37.7 Å². The van der Waals surface area contributed by atoms with Gasteiger partial charge in [-0.2, -0.15) is 18.6 Å². The van der Waals surface area contributed by atoms with E-state index in [-0.39, 0.29) is 16.7 Å². The Balaban J connectivity index is 1.36. The summed E-state index contributed by atoms with van der Waals surface area (Å²) in [5, 5.41) is 11.1. The van der Waals surface area contributed by atoms with Crippen molar-refractivity contribution in [1.29, 1.82) is 0 Å². The number of sulfonamides is 1. The third-order valence-corrected chi connectivity index (χ3v) is 6.91. The Morgan fingerprint density at radius 3 is 2.86 bits per heavy atom. The van der Waals surface area contributed by atoms with Crippen LogP contribution in [0.25, 0.3) is 0 Å². The normalized spacial score (nSPS) is 23.1. The van der Waals surface area contributed by atoms with E-state index in [2.05, 4.69) is 25.9 Å². The lowest BCUT2D eigenvalue weighted by Gasteiger charge is -2.33. The number of carbonyl (C=O) groups is 1. The van der Waals surface area contributed by atoms with Crippen LogP contribution < -0.4 is 5.32 Å². The van der Waals surface area contributed by atoms with Crippen molar-refractivity contribution in [3.63, 3.8) is 0 Å². The summed E-state index contributed by atoms with van der Waals surface area (Å²) in [6, 6.07) is 6.82. The average Bonchev–Trinajstić information content (AvgIpc) is 3.44. The van der Waals surface area contributed by atoms with E-state index < -0.39 is 15.7 Å². The highest BCUT2D eigenvalue weighted by molar-refractivity contribution is 7.90. The minimum Gasteiger partial charge on any atom is -0.356 e. The van der Waals surface area contributed by atoms with Gasteiger partial charge in [-0.15, -0.1) is 16.7 Å². The Labute approximate surface area is 170 Å². The molecule has 1 fully saturated rings. The topological polar surface area (TPSA) is 104 Å². The molecule has 3 aliphatic heterocycles. The van der Waals surface area contributed by atoms with Gasteiger partial charge in [-0.05, 0) is 25.0 Å². The number of amides is 1. The van der Waals surface area contributed by atoms with Gasteiger partial charge in [-0.25, -0.2) is 0 Å². The van der Waals surface area contributed by atoms with Gasteiger partial charge in [-0.1, -0.05) is 12.1 Å². The molecule has 1 aromatic carbocycles. The summed E-state index contributed by atoms with van der Waals surface area (Å²) in [6.45, 7) is 1.62. The number of carbonyl (C=O) groups excluding carboxylic acids is 1. The molecule has 0 spiro atoms. The van der Waals surface area contributed by atoms with Crippen LogP contribution >= 0.6 is 0 Å². The lowest BCUT2D eigenvalue weighted by molar-refractivity contribution is -0.126. The molecule has 1 unspecified atom stereocenters. The van der Waals surface area contributed by atoms with Gasteiger partial charge in [-0.3, -0.25) is 4.79 Å². The molecule has 3 heterocycles. The highest BCUT2D eigenvalue weighted by Crippen LogP contribution is 2.36. The number of likely N-dealkylation sites (tertiary alicyclic amines) is 1. The van der Waals surface area contributed by atoms with Crippen LogP contribution in [0.4, 0.5) is 0 Å².